The molecule has 3 aromatic rings. The number of hydrogen-bond donors (Lipinski definition) is 1. The van der Waals surface area contributed by atoms with E-state index >= 15 is 0 Å². The molecular formula is C22H23ClN2O4S. The Morgan fingerprint density at radius 2 is 2.00 bits per heavy atom. The molecule has 1 unspecified atom stereocenters. The highest BCUT2D eigenvalue weighted by Crippen LogP contribution is 2.27. The lowest BCUT2D eigenvalue weighted by molar-refractivity contribution is 0.0925. The first kappa shape index (κ1) is 21.1. The zero-order valence-corrected chi connectivity index (χ0v) is 18.2. The molecule has 6 nitrogen and oxygen atoms in total. The van der Waals surface area contributed by atoms with Crippen LogP contribution in [0.3, 0.4) is 0 Å². The number of rotatable bonds is 6. The highest BCUT2D eigenvalue weighted by molar-refractivity contribution is 7.89. The van der Waals surface area contributed by atoms with Crippen LogP contribution in [0.5, 0.6) is 0 Å². The number of halogens is 1. The van der Waals surface area contributed by atoms with Gasteiger partial charge in [0.2, 0.25) is 10.0 Å². The second-order valence-corrected chi connectivity index (χ2v) is 9.84. The van der Waals surface area contributed by atoms with E-state index in [1.54, 1.807) is 24.3 Å². The molecule has 0 radical (unpaired) electrons. The highest BCUT2D eigenvalue weighted by Gasteiger charge is 2.31. The minimum Gasteiger partial charge on any atom is -0.377 e. The Hall–Kier alpha value is -2.19. The fourth-order valence-electron chi connectivity index (χ4n) is 3.79. The summed E-state index contributed by atoms with van der Waals surface area (Å²) in [5.74, 6) is 0. The number of sulfonamides is 1. The molecule has 0 amide bonds. The quantitative estimate of drug-likeness (QED) is 0.623. The molecule has 1 aliphatic rings. The Bertz CT molecular complexity index is 1230. The van der Waals surface area contributed by atoms with Crippen molar-refractivity contribution in [3.8, 4) is 0 Å². The standard InChI is InChI=1S/C22H23ClN2O4S/c1-15-6-4-7-16-12-17(22(26)24-21(15)16)13-25(14-18-8-5-11-29-18)30(27,28)20-10-3-2-9-19(20)23/h2-4,6-7,9-10,12,18H,5,8,11,13-14H2,1H3,(H,24,26). The van der Waals surface area contributed by atoms with E-state index in [4.69, 9.17) is 16.3 Å². The van der Waals surface area contributed by atoms with E-state index in [1.807, 2.05) is 25.1 Å². The Kier molecular flexibility index (Phi) is 5.97. The lowest BCUT2D eigenvalue weighted by Crippen LogP contribution is -2.38. The largest absolute Gasteiger partial charge is 0.377 e. The first-order valence-electron chi connectivity index (χ1n) is 9.84. The van der Waals surface area contributed by atoms with Crippen LogP contribution >= 0.6 is 11.6 Å². The molecule has 8 heteroatoms. The van der Waals surface area contributed by atoms with Crippen molar-refractivity contribution in [1.82, 2.24) is 9.29 Å². The van der Waals surface area contributed by atoms with E-state index in [9.17, 15) is 13.2 Å². The number of ether oxygens (including phenoxy) is 1. The molecule has 0 saturated carbocycles. The van der Waals surface area contributed by atoms with E-state index in [-0.39, 0.29) is 34.7 Å². The highest BCUT2D eigenvalue weighted by atomic mass is 35.5. The normalized spacial score (nSPS) is 17.1. The summed E-state index contributed by atoms with van der Waals surface area (Å²) in [5, 5.41) is 1.01. The van der Waals surface area contributed by atoms with Crippen molar-refractivity contribution in [2.75, 3.05) is 13.2 Å². The van der Waals surface area contributed by atoms with Crippen LogP contribution in [0, 0.1) is 6.92 Å². The molecule has 1 N–H and O–H groups in total. The number of pyridine rings is 1. The van der Waals surface area contributed by atoms with Gasteiger partial charge in [-0.1, -0.05) is 41.9 Å². The third-order valence-electron chi connectivity index (χ3n) is 5.40. The Morgan fingerprint density at radius 1 is 1.20 bits per heavy atom. The molecule has 1 fully saturated rings. The van der Waals surface area contributed by atoms with Crippen molar-refractivity contribution in [3.05, 3.63) is 75.0 Å². The number of nitrogens with one attached hydrogen (secondary N) is 1. The maximum Gasteiger partial charge on any atom is 0.252 e. The monoisotopic (exact) mass is 446 g/mol. The van der Waals surface area contributed by atoms with Gasteiger partial charge in [0, 0.05) is 25.3 Å². The van der Waals surface area contributed by atoms with Crippen LogP contribution in [0.1, 0.15) is 24.0 Å². The predicted octanol–water partition coefficient (Wildman–Crippen LogP) is 3.86. The van der Waals surface area contributed by atoms with Gasteiger partial charge in [-0.25, -0.2) is 8.42 Å². The first-order valence-corrected chi connectivity index (χ1v) is 11.7. The van der Waals surface area contributed by atoms with E-state index < -0.39 is 10.0 Å². The van der Waals surface area contributed by atoms with Gasteiger partial charge in [-0.3, -0.25) is 4.79 Å². The lowest BCUT2D eigenvalue weighted by atomic mass is 10.1. The summed E-state index contributed by atoms with van der Waals surface area (Å²) in [6.07, 6.45) is 1.46. The van der Waals surface area contributed by atoms with Gasteiger partial charge in [0.1, 0.15) is 4.90 Å². The summed E-state index contributed by atoms with van der Waals surface area (Å²) in [6, 6.07) is 13.8. The molecular weight excluding hydrogens is 424 g/mol. The van der Waals surface area contributed by atoms with Crippen LogP contribution in [0.2, 0.25) is 5.02 Å². The molecule has 1 aliphatic heterocycles. The Morgan fingerprint density at radius 3 is 2.73 bits per heavy atom. The number of nitrogens with zero attached hydrogens (tertiary/aromatic N) is 1. The number of hydrogen-bond acceptors (Lipinski definition) is 4. The summed E-state index contributed by atoms with van der Waals surface area (Å²) >= 11 is 6.19. The summed E-state index contributed by atoms with van der Waals surface area (Å²) in [7, 11) is -3.93. The van der Waals surface area contributed by atoms with Crippen molar-refractivity contribution >= 4 is 32.5 Å². The van der Waals surface area contributed by atoms with Crippen molar-refractivity contribution in [1.29, 1.82) is 0 Å². The van der Waals surface area contributed by atoms with E-state index in [1.165, 1.54) is 10.4 Å². The number of fused-ring (bicyclic) bond motifs is 1. The van der Waals surface area contributed by atoms with E-state index in [0.29, 0.717) is 12.2 Å². The van der Waals surface area contributed by atoms with Gasteiger partial charge < -0.3 is 9.72 Å². The summed E-state index contributed by atoms with van der Waals surface area (Å²) in [4.78, 5) is 15.7. The molecule has 158 valence electrons. The molecule has 0 bridgehead atoms. The summed E-state index contributed by atoms with van der Waals surface area (Å²) in [6.45, 7) is 2.63. The maximum absolute atomic E-state index is 13.4. The van der Waals surface area contributed by atoms with Crippen molar-refractivity contribution < 1.29 is 13.2 Å². The van der Waals surface area contributed by atoms with Gasteiger partial charge >= 0.3 is 0 Å². The fraction of sp³-hybridized carbons (Fsp3) is 0.318. The van der Waals surface area contributed by atoms with Crippen LogP contribution < -0.4 is 5.56 Å². The van der Waals surface area contributed by atoms with Gasteiger partial charge in [-0.15, -0.1) is 0 Å². The third-order valence-corrected chi connectivity index (χ3v) is 7.71. The first-order chi connectivity index (χ1) is 14.4. The van der Waals surface area contributed by atoms with Crippen LogP contribution in [-0.4, -0.2) is 37.0 Å². The Balaban J connectivity index is 1.75. The van der Waals surface area contributed by atoms with Gasteiger partial charge in [-0.05, 0) is 48.9 Å². The molecule has 0 aliphatic carbocycles. The maximum atomic E-state index is 13.4. The summed E-state index contributed by atoms with van der Waals surface area (Å²) in [5.41, 5.74) is 1.78. The predicted molar refractivity (Wildman–Crippen MR) is 117 cm³/mol. The smallest absolute Gasteiger partial charge is 0.252 e. The fourth-order valence-corrected chi connectivity index (χ4v) is 5.74. The van der Waals surface area contributed by atoms with Crippen LogP contribution in [-0.2, 0) is 21.3 Å². The topological polar surface area (TPSA) is 79.5 Å². The van der Waals surface area contributed by atoms with Gasteiger partial charge in [0.25, 0.3) is 5.56 Å². The van der Waals surface area contributed by atoms with E-state index in [0.717, 1.165) is 29.3 Å². The zero-order valence-electron chi connectivity index (χ0n) is 16.6. The number of para-hydroxylation sites is 1. The van der Waals surface area contributed by atoms with Crippen LogP contribution in [0.15, 0.2) is 58.2 Å². The number of H-pyrrole nitrogens is 1. The number of aryl methyl sites for hydroxylation is 1. The Labute approximate surface area is 180 Å². The van der Waals surface area contributed by atoms with Crippen molar-refractivity contribution in [2.24, 2.45) is 0 Å². The third kappa shape index (κ3) is 4.16. The molecule has 4 rings (SSSR count). The number of aromatic nitrogens is 1. The average Bonchev–Trinajstić information content (AvgIpc) is 3.22. The minimum atomic E-state index is -3.93. The molecule has 1 saturated heterocycles. The summed E-state index contributed by atoms with van der Waals surface area (Å²) < 4.78 is 33.9. The molecule has 2 heterocycles. The van der Waals surface area contributed by atoms with Crippen molar-refractivity contribution in [2.45, 2.75) is 37.3 Å². The average molecular weight is 447 g/mol. The second-order valence-electron chi connectivity index (χ2n) is 7.53. The molecule has 2 aromatic carbocycles. The molecule has 30 heavy (non-hydrogen) atoms. The number of benzene rings is 2. The number of aromatic amines is 1. The molecule has 1 aromatic heterocycles. The molecule has 0 spiro atoms. The minimum absolute atomic E-state index is 0.0257. The van der Waals surface area contributed by atoms with Gasteiger partial charge in [0.15, 0.2) is 0 Å². The lowest BCUT2D eigenvalue weighted by Gasteiger charge is -2.25. The van der Waals surface area contributed by atoms with Crippen LogP contribution in [0.25, 0.3) is 10.9 Å². The van der Waals surface area contributed by atoms with E-state index in [2.05, 4.69) is 4.98 Å². The SMILES string of the molecule is Cc1cccc2cc(CN(CC3CCCO3)S(=O)(=O)c3ccccc3Cl)c(=O)[nH]c12. The van der Waals surface area contributed by atoms with Gasteiger partial charge in [-0.2, -0.15) is 4.31 Å². The van der Waals surface area contributed by atoms with Gasteiger partial charge in [0.05, 0.1) is 16.6 Å². The molecule has 1 atom stereocenters. The second kappa shape index (κ2) is 8.51. The van der Waals surface area contributed by atoms with Crippen molar-refractivity contribution in [3.63, 3.8) is 0 Å². The van der Waals surface area contributed by atoms with Crippen LogP contribution in [0.4, 0.5) is 0 Å². The zero-order chi connectivity index (χ0) is 21.3.